The molecule has 0 amide bonds. The first-order valence-electron chi connectivity index (χ1n) is 9.28. The summed E-state index contributed by atoms with van der Waals surface area (Å²) < 4.78 is 11.0. The van der Waals surface area contributed by atoms with Crippen LogP contribution in [0.5, 0.6) is 0 Å². The number of carbonyl (C=O) groups is 2. The molecular formula is C21H34O4. The summed E-state index contributed by atoms with van der Waals surface area (Å²) in [5.41, 5.74) is -0.547. The second kappa shape index (κ2) is 11.7. The Morgan fingerprint density at radius 1 is 1.12 bits per heavy atom. The van der Waals surface area contributed by atoms with Gasteiger partial charge in [-0.15, -0.1) is 0 Å². The lowest BCUT2D eigenvalue weighted by Gasteiger charge is -2.28. The molecule has 0 aliphatic heterocycles. The molecule has 0 aliphatic carbocycles. The van der Waals surface area contributed by atoms with Gasteiger partial charge in [-0.3, -0.25) is 9.59 Å². The fourth-order valence-electron chi connectivity index (χ4n) is 2.37. The van der Waals surface area contributed by atoms with Crippen molar-refractivity contribution in [3.63, 3.8) is 0 Å². The minimum absolute atomic E-state index is 0.311. The molecule has 0 fully saturated rings. The number of unbranched alkanes of at least 4 members (excludes halogenated alkanes) is 1. The highest BCUT2D eigenvalue weighted by molar-refractivity contribution is 6.00. The van der Waals surface area contributed by atoms with Crippen LogP contribution in [0.4, 0.5) is 0 Å². The lowest BCUT2D eigenvalue weighted by Crippen LogP contribution is -2.42. The Labute approximate surface area is 153 Å². The molecule has 0 bridgehead atoms. The van der Waals surface area contributed by atoms with Gasteiger partial charge in [0.1, 0.15) is 0 Å². The average Bonchev–Trinajstić information content (AvgIpc) is 2.54. The van der Waals surface area contributed by atoms with Gasteiger partial charge in [-0.25, -0.2) is 0 Å². The maximum atomic E-state index is 12.8. The van der Waals surface area contributed by atoms with Gasteiger partial charge in [0.05, 0.1) is 6.61 Å². The Morgan fingerprint density at radius 2 is 1.72 bits per heavy atom. The van der Waals surface area contributed by atoms with Crippen molar-refractivity contribution in [3.05, 3.63) is 12.2 Å². The van der Waals surface area contributed by atoms with Crippen molar-refractivity contribution in [2.75, 3.05) is 6.61 Å². The van der Waals surface area contributed by atoms with Gasteiger partial charge in [0.25, 0.3) is 0 Å². The number of allylic oxidation sites excluding steroid dienone is 1. The van der Waals surface area contributed by atoms with Crippen LogP contribution in [0.1, 0.15) is 73.6 Å². The molecule has 25 heavy (non-hydrogen) atoms. The molecular weight excluding hydrogens is 316 g/mol. The summed E-state index contributed by atoms with van der Waals surface area (Å²) in [6.45, 7) is 15.6. The second-order valence-electron chi connectivity index (χ2n) is 6.85. The zero-order valence-corrected chi connectivity index (χ0v) is 16.7. The van der Waals surface area contributed by atoms with E-state index in [0.717, 1.165) is 12.8 Å². The first-order valence-corrected chi connectivity index (χ1v) is 9.28. The van der Waals surface area contributed by atoms with Crippen LogP contribution < -0.4 is 0 Å². The molecule has 0 aromatic carbocycles. The highest BCUT2D eigenvalue weighted by Gasteiger charge is 2.46. The Morgan fingerprint density at radius 3 is 2.16 bits per heavy atom. The average molecular weight is 350 g/mol. The first-order chi connectivity index (χ1) is 11.7. The summed E-state index contributed by atoms with van der Waals surface area (Å²) in [5, 5.41) is 0. The van der Waals surface area contributed by atoms with Crippen LogP contribution in [0.2, 0.25) is 0 Å². The molecule has 0 aromatic heterocycles. The third kappa shape index (κ3) is 7.77. The summed E-state index contributed by atoms with van der Waals surface area (Å²) in [5.74, 6) is 5.10. The molecule has 142 valence electrons. The lowest BCUT2D eigenvalue weighted by atomic mass is 9.82. The molecule has 1 unspecified atom stereocenters. The molecule has 0 N–H and O–H groups in total. The van der Waals surface area contributed by atoms with E-state index in [-0.39, 0.29) is 0 Å². The summed E-state index contributed by atoms with van der Waals surface area (Å²) in [7, 11) is 0. The van der Waals surface area contributed by atoms with Gasteiger partial charge in [-0.2, -0.15) is 0 Å². The van der Waals surface area contributed by atoms with Crippen molar-refractivity contribution in [1.29, 1.82) is 0 Å². The number of hydrogen-bond donors (Lipinski definition) is 0. The van der Waals surface area contributed by atoms with Crippen molar-refractivity contribution in [3.8, 4) is 11.8 Å². The number of rotatable bonds is 10. The van der Waals surface area contributed by atoms with E-state index in [0.29, 0.717) is 37.4 Å². The van der Waals surface area contributed by atoms with E-state index >= 15 is 0 Å². The van der Waals surface area contributed by atoms with Gasteiger partial charge >= 0.3 is 11.9 Å². The van der Waals surface area contributed by atoms with E-state index in [1.54, 1.807) is 6.92 Å². The predicted molar refractivity (Wildman–Crippen MR) is 101 cm³/mol. The smallest absolute Gasteiger partial charge is 0.324 e. The SMILES string of the molecule is C=C(C)C#CC(CC(C)C)OC(=O)C(CC)(CC)C(=O)OCCCC. The molecule has 0 spiro atoms. The summed E-state index contributed by atoms with van der Waals surface area (Å²) in [4.78, 5) is 25.4. The Balaban J connectivity index is 5.31. The molecule has 0 heterocycles. The van der Waals surface area contributed by atoms with E-state index in [1.165, 1.54) is 0 Å². The van der Waals surface area contributed by atoms with Crippen LogP contribution >= 0.6 is 0 Å². The van der Waals surface area contributed by atoms with Crippen molar-refractivity contribution < 1.29 is 19.1 Å². The van der Waals surface area contributed by atoms with Crippen LogP contribution in [0.25, 0.3) is 0 Å². The molecule has 1 atom stereocenters. The van der Waals surface area contributed by atoms with Gasteiger partial charge in [0, 0.05) is 0 Å². The summed E-state index contributed by atoms with van der Waals surface area (Å²) in [6.07, 6.45) is 2.46. The normalized spacial score (nSPS) is 12.1. The van der Waals surface area contributed by atoms with Crippen molar-refractivity contribution >= 4 is 11.9 Å². The van der Waals surface area contributed by atoms with Crippen LogP contribution in [0.15, 0.2) is 12.2 Å². The summed E-state index contributed by atoms with van der Waals surface area (Å²) in [6, 6.07) is 0. The maximum Gasteiger partial charge on any atom is 0.324 e. The molecule has 0 aliphatic rings. The standard InChI is InChI=1S/C21H34O4/c1-8-11-14-24-19(22)21(9-2,10-3)20(23)25-18(15-17(6)7)13-12-16(4)5/h17-18H,4,8-11,14-15H2,1-3,5-7H3. The fourth-order valence-corrected chi connectivity index (χ4v) is 2.37. The van der Waals surface area contributed by atoms with Crippen molar-refractivity contribution in [2.24, 2.45) is 11.3 Å². The van der Waals surface area contributed by atoms with Crippen LogP contribution in [-0.4, -0.2) is 24.6 Å². The zero-order valence-electron chi connectivity index (χ0n) is 16.7. The minimum Gasteiger partial charge on any atom is -0.465 e. The Hall–Kier alpha value is -1.76. The van der Waals surface area contributed by atoms with Crippen molar-refractivity contribution in [2.45, 2.75) is 79.8 Å². The number of hydrogen-bond acceptors (Lipinski definition) is 4. The van der Waals surface area contributed by atoms with E-state index < -0.39 is 23.5 Å². The van der Waals surface area contributed by atoms with Gasteiger partial charge in [0.2, 0.25) is 0 Å². The largest absolute Gasteiger partial charge is 0.465 e. The molecule has 4 heteroatoms. The van der Waals surface area contributed by atoms with Gasteiger partial charge in [-0.05, 0) is 44.1 Å². The molecule has 4 nitrogen and oxygen atoms in total. The number of ether oxygens (including phenoxy) is 2. The zero-order chi connectivity index (χ0) is 19.5. The lowest BCUT2D eigenvalue weighted by molar-refractivity contribution is -0.175. The first kappa shape index (κ1) is 23.2. The molecule has 0 saturated heterocycles. The van der Waals surface area contributed by atoms with E-state index in [9.17, 15) is 9.59 Å². The molecule has 0 saturated carbocycles. The topological polar surface area (TPSA) is 52.6 Å². The van der Waals surface area contributed by atoms with Gasteiger partial charge in [-0.1, -0.05) is 59.5 Å². The second-order valence-corrected chi connectivity index (χ2v) is 6.85. The third-order valence-electron chi connectivity index (χ3n) is 4.10. The maximum absolute atomic E-state index is 12.8. The predicted octanol–water partition coefficient (Wildman–Crippen LogP) is 4.67. The van der Waals surface area contributed by atoms with Crippen molar-refractivity contribution in [1.82, 2.24) is 0 Å². The third-order valence-corrected chi connectivity index (χ3v) is 4.10. The Kier molecular flexibility index (Phi) is 10.9. The number of esters is 2. The fraction of sp³-hybridized carbons (Fsp3) is 0.714. The van der Waals surface area contributed by atoms with Gasteiger partial charge in [0.15, 0.2) is 11.5 Å². The quantitative estimate of drug-likeness (QED) is 0.249. The Bertz CT molecular complexity index is 504. The minimum atomic E-state index is -1.26. The highest BCUT2D eigenvalue weighted by atomic mass is 16.6. The van der Waals surface area contributed by atoms with Gasteiger partial charge < -0.3 is 9.47 Å². The molecule has 0 rings (SSSR count). The van der Waals surface area contributed by atoms with E-state index in [4.69, 9.17) is 9.47 Å². The molecule has 0 radical (unpaired) electrons. The van der Waals surface area contributed by atoms with E-state index in [1.807, 2.05) is 34.6 Å². The summed E-state index contributed by atoms with van der Waals surface area (Å²) >= 11 is 0. The monoisotopic (exact) mass is 350 g/mol. The van der Waals surface area contributed by atoms with Crippen LogP contribution in [0, 0.1) is 23.2 Å². The number of carbonyl (C=O) groups excluding carboxylic acids is 2. The van der Waals surface area contributed by atoms with E-state index in [2.05, 4.69) is 18.4 Å². The van der Waals surface area contributed by atoms with Crippen LogP contribution in [-0.2, 0) is 19.1 Å². The molecule has 0 aromatic rings. The highest BCUT2D eigenvalue weighted by Crippen LogP contribution is 2.31. The van der Waals surface area contributed by atoms with Crippen LogP contribution in [0.3, 0.4) is 0 Å².